The summed E-state index contributed by atoms with van der Waals surface area (Å²) in [6.07, 6.45) is 1.53. The molecule has 7 nitrogen and oxygen atoms in total. The van der Waals surface area contributed by atoms with E-state index in [4.69, 9.17) is 11.6 Å². The van der Waals surface area contributed by atoms with E-state index in [2.05, 4.69) is 15.4 Å². The summed E-state index contributed by atoms with van der Waals surface area (Å²) in [6.45, 7) is 2.55. The maximum absolute atomic E-state index is 12.5. The van der Waals surface area contributed by atoms with E-state index in [1.54, 1.807) is 27.8 Å². The molecule has 1 fully saturated rings. The second-order valence-corrected chi connectivity index (χ2v) is 7.83. The SMILES string of the molecule is Cc1cc(NC(=O)Cc2csc(N3CCCC3=O)n2)n(-c2cccc(Cl)c2)n1. The fraction of sp³-hybridized carbons (Fsp3) is 0.263. The Bertz CT molecular complexity index is 1040. The molecular formula is C19H18ClN5O2S. The van der Waals surface area contributed by atoms with E-state index >= 15 is 0 Å². The van der Waals surface area contributed by atoms with Gasteiger partial charge in [-0.2, -0.15) is 5.10 Å². The van der Waals surface area contributed by atoms with Crippen LogP contribution in [0.2, 0.25) is 5.02 Å². The van der Waals surface area contributed by atoms with Crippen LogP contribution in [-0.4, -0.2) is 33.1 Å². The lowest BCUT2D eigenvalue weighted by Gasteiger charge is -2.10. The molecule has 2 amide bonds. The summed E-state index contributed by atoms with van der Waals surface area (Å²) in [5, 5.41) is 10.4. The van der Waals surface area contributed by atoms with Gasteiger partial charge in [0.15, 0.2) is 5.13 Å². The van der Waals surface area contributed by atoms with E-state index < -0.39 is 0 Å². The number of hydrogen-bond donors (Lipinski definition) is 1. The molecule has 0 radical (unpaired) electrons. The van der Waals surface area contributed by atoms with Crippen molar-refractivity contribution in [3.63, 3.8) is 0 Å². The van der Waals surface area contributed by atoms with Crippen LogP contribution in [-0.2, 0) is 16.0 Å². The standard InChI is InChI=1S/C19H18ClN5O2S/c1-12-8-16(25(23-12)15-5-2-4-13(20)9-15)22-17(26)10-14-11-28-19(21-14)24-7-3-6-18(24)27/h2,4-5,8-9,11H,3,6-7,10H2,1H3,(H,22,26). The summed E-state index contributed by atoms with van der Waals surface area (Å²) in [6, 6.07) is 9.06. The molecule has 4 rings (SSSR count). The van der Waals surface area contributed by atoms with Gasteiger partial charge < -0.3 is 5.32 Å². The van der Waals surface area contributed by atoms with Gasteiger partial charge in [0.05, 0.1) is 23.5 Å². The molecule has 3 aromatic rings. The Morgan fingerprint density at radius 2 is 2.21 bits per heavy atom. The third-order valence-corrected chi connectivity index (χ3v) is 5.48. The highest BCUT2D eigenvalue weighted by Gasteiger charge is 2.24. The molecule has 0 saturated carbocycles. The van der Waals surface area contributed by atoms with Crippen LogP contribution in [0.3, 0.4) is 0 Å². The minimum Gasteiger partial charge on any atom is -0.310 e. The molecule has 0 unspecified atom stereocenters. The van der Waals surface area contributed by atoms with E-state index in [0.717, 1.165) is 17.8 Å². The minimum atomic E-state index is -0.201. The Morgan fingerprint density at radius 1 is 1.36 bits per heavy atom. The second-order valence-electron chi connectivity index (χ2n) is 6.56. The molecule has 1 aliphatic heterocycles. The van der Waals surface area contributed by atoms with Crippen LogP contribution in [0.25, 0.3) is 5.69 Å². The highest BCUT2D eigenvalue weighted by Crippen LogP contribution is 2.26. The molecule has 0 bridgehead atoms. The summed E-state index contributed by atoms with van der Waals surface area (Å²) in [5.74, 6) is 0.453. The monoisotopic (exact) mass is 415 g/mol. The van der Waals surface area contributed by atoms with E-state index in [-0.39, 0.29) is 18.2 Å². The Balaban J connectivity index is 1.48. The first-order valence-corrected chi connectivity index (χ1v) is 10.1. The quantitative estimate of drug-likeness (QED) is 0.690. The van der Waals surface area contributed by atoms with Gasteiger partial charge in [0.25, 0.3) is 0 Å². The first kappa shape index (κ1) is 18.6. The number of aryl methyl sites for hydroxylation is 1. The van der Waals surface area contributed by atoms with Crippen LogP contribution in [0, 0.1) is 6.92 Å². The van der Waals surface area contributed by atoms with Crippen molar-refractivity contribution in [2.24, 2.45) is 0 Å². The average molecular weight is 416 g/mol. The molecule has 1 saturated heterocycles. The molecule has 28 heavy (non-hydrogen) atoms. The molecule has 144 valence electrons. The number of aromatic nitrogens is 3. The van der Waals surface area contributed by atoms with Crippen LogP contribution in [0.4, 0.5) is 10.9 Å². The molecule has 0 spiro atoms. The lowest BCUT2D eigenvalue weighted by molar-refractivity contribution is -0.117. The normalized spacial score (nSPS) is 13.9. The van der Waals surface area contributed by atoms with Crippen molar-refractivity contribution < 1.29 is 9.59 Å². The number of carbonyl (C=O) groups excluding carboxylic acids is 2. The number of halogens is 1. The Hall–Kier alpha value is -2.71. The predicted octanol–water partition coefficient (Wildman–Crippen LogP) is 3.60. The topological polar surface area (TPSA) is 80.1 Å². The molecule has 9 heteroatoms. The number of amides is 2. The Kier molecular flexibility index (Phi) is 5.15. The van der Waals surface area contributed by atoms with Gasteiger partial charge in [-0.15, -0.1) is 11.3 Å². The minimum absolute atomic E-state index is 0.0891. The van der Waals surface area contributed by atoms with Crippen LogP contribution in [0.15, 0.2) is 35.7 Å². The molecule has 0 aliphatic carbocycles. The van der Waals surface area contributed by atoms with Gasteiger partial charge in [-0.25, -0.2) is 9.67 Å². The molecule has 3 heterocycles. The van der Waals surface area contributed by atoms with Gasteiger partial charge in [0.1, 0.15) is 5.82 Å². The molecular weight excluding hydrogens is 398 g/mol. The lowest BCUT2D eigenvalue weighted by Crippen LogP contribution is -2.23. The number of carbonyl (C=O) groups is 2. The molecule has 2 aromatic heterocycles. The van der Waals surface area contributed by atoms with Crippen molar-refractivity contribution in [1.29, 1.82) is 0 Å². The highest BCUT2D eigenvalue weighted by molar-refractivity contribution is 7.14. The van der Waals surface area contributed by atoms with Gasteiger partial charge in [0, 0.05) is 29.4 Å². The number of thiazole rings is 1. The smallest absolute Gasteiger partial charge is 0.231 e. The van der Waals surface area contributed by atoms with Gasteiger partial charge in [-0.3, -0.25) is 14.5 Å². The number of benzene rings is 1. The summed E-state index contributed by atoms with van der Waals surface area (Å²) >= 11 is 7.46. The van der Waals surface area contributed by atoms with Gasteiger partial charge in [-0.1, -0.05) is 17.7 Å². The largest absolute Gasteiger partial charge is 0.310 e. The fourth-order valence-electron chi connectivity index (χ4n) is 3.10. The van der Waals surface area contributed by atoms with Crippen molar-refractivity contribution in [2.75, 3.05) is 16.8 Å². The second kappa shape index (κ2) is 7.73. The third kappa shape index (κ3) is 3.93. The summed E-state index contributed by atoms with van der Waals surface area (Å²) < 4.78 is 1.65. The zero-order chi connectivity index (χ0) is 19.7. The van der Waals surface area contributed by atoms with Crippen LogP contribution >= 0.6 is 22.9 Å². The van der Waals surface area contributed by atoms with Gasteiger partial charge in [0.2, 0.25) is 11.8 Å². The van der Waals surface area contributed by atoms with Crippen molar-refractivity contribution in [3.05, 3.63) is 52.1 Å². The van der Waals surface area contributed by atoms with Crippen molar-refractivity contribution in [3.8, 4) is 5.69 Å². The first-order chi connectivity index (χ1) is 13.5. The number of nitrogens with one attached hydrogen (secondary N) is 1. The number of hydrogen-bond acceptors (Lipinski definition) is 5. The molecule has 0 atom stereocenters. The van der Waals surface area contributed by atoms with Crippen LogP contribution in [0.1, 0.15) is 24.2 Å². The average Bonchev–Trinajstić information content (AvgIpc) is 3.35. The number of rotatable bonds is 5. The maximum Gasteiger partial charge on any atom is 0.231 e. The number of anilines is 2. The first-order valence-electron chi connectivity index (χ1n) is 8.87. The third-order valence-electron chi connectivity index (χ3n) is 4.34. The summed E-state index contributed by atoms with van der Waals surface area (Å²) in [4.78, 5) is 30.5. The number of nitrogens with zero attached hydrogens (tertiary/aromatic N) is 4. The fourth-order valence-corrected chi connectivity index (χ4v) is 4.15. The van der Waals surface area contributed by atoms with Crippen LogP contribution in [0.5, 0.6) is 0 Å². The van der Waals surface area contributed by atoms with Crippen molar-refractivity contribution in [1.82, 2.24) is 14.8 Å². The molecule has 1 aliphatic rings. The summed E-state index contributed by atoms with van der Waals surface area (Å²) in [5.41, 5.74) is 2.18. The van der Waals surface area contributed by atoms with Gasteiger partial charge >= 0.3 is 0 Å². The van der Waals surface area contributed by atoms with Gasteiger partial charge in [-0.05, 0) is 31.5 Å². The molecule has 1 aromatic carbocycles. The predicted molar refractivity (Wildman–Crippen MR) is 109 cm³/mol. The zero-order valence-corrected chi connectivity index (χ0v) is 16.8. The van der Waals surface area contributed by atoms with E-state index in [1.165, 1.54) is 11.3 Å². The maximum atomic E-state index is 12.5. The summed E-state index contributed by atoms with van der Waals surface area (Å²) in [7, 11) is 0. The van der Waals surface area contributed by atoms with Crippen molar-refractivity contribution >= 4 is 45.7 Å². The highest BCUT2D eigenvalue weighted by atomic mass is 35.5. The van der Waals surface area contributed by atoms with Crippen molar-refractivity contribution in [2.45, 2.75) is 26.2 Å². The van der Waals surface area contributed by atoms with E-state index in [0.29, 0.717) is 34.6 Å². The zero-order valence-electron chi connectivity index (χ0n) is 15.2. The molecule has 1 N–H and O–H groups in total. The Labute approximate surface area is 170 Å². The van der Waals surface area contributed by atoms with E-state index in [1.807, 2.05) is 24.4 Å². The lowest BCUT2D eigenvalue weighted by atomic mass is 10.3. The Morgan fingerprint density at radius 3 is 2.96 bits per heavy atom. The van der Waals surface area contributed by atoms with Crippen LogP contribution < -0.4 is 10.2 Å². The van der Waals surface area contributed by atoms with E-state index in [9.17, 15) is 9.59 Å².